The van der Waals surface area contributed by atoms with Crippen LogP contribution >= 0.6 is 0 Å². The van der Waals surface area contributed by atoms with Crippen molar-refractivity contribution in [2.45, 2.75) is 97.0 Å². The van der Waals surface area contributed by atoms with Gasteiger partial charge in [-0.1, -0.05) is 30.3 Å². The number of ether oxygens (including phenoxy) is 4. The van der Waals surface area contributed by atoms with Crippen molar-refractivity contribution in [1.82, 2.24) is 10.2 Å². The van der Waals surface area contributed by atoms with Gasteiger partial charge in [0.15, 0.2) is 0 Å². The van der Waals surface area contributed by atoms with Crippen molar-refractivity contribution >= 4 is 18.2 Å². The van der Waals surface area contributed by atoms with Crippen LogP contribution in [0.4, 0.5) is 9.59 Å². The van der Waals surface area contributed by atoms with Crippen LogP contribution in [0.1, 0.15) is 89.1 Å². The second-order valence-corrected chi connectivity index (χ2v) is 12.8. The average Bonchev–Trinajstić information content (AvgIpc) is 3.12. The van der Waals surface area contributed by atoms with Crippen LogP contribution in [-0.2, 0) is 27.2 Å². The second kappa shape index (κ2) is 14.0. The number of carbonyl (C=O) groups excluding carboxylic acids is 3. The SMILES string of the molecule is COC(=O)c1oc(CCC2(NC(=O)OC(C)(C)C)CCCCN(C(=O)OC(C)(C)C)C2)cc(=O)c1OCc1ccccc1. The van der Waals surface area contributed by atoms with Crippen molar-refractivity contribution < 1.29 is 37.7 Å². The average molecular weight is 601 g/mol. The Morgan fingerprint density at radius 2 is 1.67 bits per heavy atom. The lowest BCUT2D eigenvalue weighted by Crippen LogP contribution is -2.57. The van der Waals surface area contributed by atoms with Crippen LogP contribution in [0.2, 0.25) is 0 Å². The lowest BCUT2D eigenvalue weighted by atomic mass is 9.87. The van der Waals surface area contributed by atoms with Gasteiger partial charge in [0.25, 0.3) is 5.76 Å². The van der Waals surface area contributed by atoms with E-state index in [-0.39, 0.29) is 43.3 Å². The lowest BCUT2D eigenvalue weighted by molar-refractivity contribution is 0.0164. The molecule has 11 nitrogen and oxygen atoms in total. The minimum Gasteiger partial charge on any atom is -0.481 e. The highest BCUT2D eigenvalue weighted by Gasteiger charge is 2.39. The third-order valence-electron chi connectivity index (χ3n) is 6.65. The number of methoxy groups -OCH3 is 1. The van der Waals surface area contributed by atoms with Crippen molar-refractivity contribution in [2.24, 2.45) is 0 Å². The number of likely N-dealkylation sites (tertiary alicyclic amines) is 1. The monoisotopic (exact) mass is 600 g/mol. The molecule has 0 spiro atoms. The van der Waals surface area contributed by atoms with E-state index in [1.54, 1.807) is 46.4 Å². The summed E-state index contributed by atoms with van der Waals surface area (Å²) in [4.78, 5) is 53.4. The summed E-state index contributed by atoms with van der Waals surface area (Å²) in [6.07, 6.45) is 1.31. The van der Waals surface area contributed by atoms with E-state index in [2.05, 4.69) is 5.32 Å². The number of alkyl carbamates (subject to hydrolysis) is 1. The Morgan fingerprint density at radius 1 is 1.00 bits per heavy atom. The van der Waals surface area contributed by atoms with Crippen molar-refractivity contribution in [3.05, 3.63) is 63.7 Å². The first-order valence-corrected chi connectivity index (χ1v) is 14.5. The van der Waals surface area contributed by atoms with Crippen LogP contribution in [-0.4, -0.2) is 60.0 Å². The maximum absolute atomic E-state index is 13.1. The molecule has 2 aromatic rings. The van der Waals surface area contributed by atoms with Crippen molar-refractivity contribution in [1.29, 1.82) is 0 Å². The van der Waals surface area contributed by atoms with E-state index >= 15 is 0 Å². The smallest absolute Gasteiger partial charge is 0.410 e. The van der Waals surface area contributed by atoms with Gasteiger partial charge in [0, 0.05) is 25.6 Å². The number of nitrogens with one attached hydrogen (secondary N) is 1. The number of nitrogens with zero attached hydrogens (tertiary/aromatic N) is 1. The number of amides is 2. The van der Waals surface area contributed by atoms with Gasteiger partial charge in [-0.05, 0) is 72.8 Å². The minimum atomic E-state index is -0.928. The Bertz CT molecular complexity index is 1330. The second-order valence-electron chi connectivity index (χ2n) is 12.8. The Kier molecular flexibility index (Phi) is 10.9. The van der Waals surface area contributed by atoms with E-state index in [1.807, 2.05) is 30.3 Å². The van der Waals surface area contributed by atoms with E-state index in [1.165, 1.54) is 13.2 Å². The fraction of sp³-hybridized carbons (Fsp3) is 0.562. The van der Waals surface area contributed by atoms with Crippen LogP contribution in [0.25, 0.3) is 0 Å². The normalized spacial score (nSPS) is 17.4. The Labute approximate surface area is 252 Å². The highest BCUT2D eigenvalue weighted by atomic mass is 16.6. The predicted molar refractivity (Wildman–Crippen MR) is 159 cm³/mol. The summed E-state index contributed by atoms with van der Waals surface area (Å²) in [7, 11) is 1.19. The number of hydrogen-bond acceptors (Lipinski definition) is 9. The van der Waals surface area contributed by atoms with Gasteiger partial charge in [-0.15, -0.1) is 0 Å². The number of hydrogen-bond donors (Lipinski definition) is 1. The zero-order valence-electron chi connectivity index (χ0n) is 26.2. The zero-order valence-corrected chi connectivity index (χ0v) is 26.2. The molecule has 1 aliphatic rings. The molecule has 11 heteroatoms. The maximum Gasteiger partial charge on any atom is 0.410 e. The van der Waals surface area contributed by atoms with Crippen molar-refractivity contribution in [2.75, 3.05) is 20.2 Å². The molecule has 0 aliphatic carbocycles. The molecule has 1 saturated heterocycles. The molecule has 236 valence electrons. The summed E-state index contributed by atoms with van der Waals surface area (Å²) >= 11 is 0. The van der Waals surface area contributed by atoms with Crippen molar-refractivity contribution in [3.63, 3.8) is 0 Å². The van der Waals surface area contributed by atoms with E-state index in [0.717, 1.165) is 12.0 Å². The molecule has 1 unspecified atom stereocenters. The van der Waals surface area contributed by atoms with Crippen LogP contribution in [0, 0.1) is 0 Å². The molecule has 1 fully saturated rings. The molecule has 1 aromatic heterocycles. The molecule has 2 amide bonds. The predicted octanol–water partition coefficient (Wildman–Crippen LogP) is 5.62. The summed E-state index contributed by atoms with van der Waals surface area (Å²) in [5, 5.41) is 3.01. The highest BCUT2D eigenvalue weighted by Crippen LogP contribution is 2.29. The summed E-state index contributed by atoms with van der Waals surface area (Å²) in [6, 6.07) is 10.5. The highest BCUT2D eigenvalue weighted by molar-refractivity contribution is 5.89. The van der Waals surface area contributed by atoms with Gasteiger partial charge >= 0.3 is 18.2 Å². The van der Waals surface area contributed by atoms with Crippen molar-refractivity contribution in [3.8, 4) is 5.75 Å². The molecule has 3 rings (SSSR count). The minimum absolute atomic E-state index is 0.0539. The van der Waals surface area contributed by atoms with E-state index in [9.17, 15) is 19.2 Å². The molecule has 0 radical (unpaired) electrons. The standard InChI is InChI=1S/C32H44N2O9/c1-30(2,3)42-28(37)33-32(16-11-12-18-34(21-32)29(38)43-31(4,5)6)17-15-23-19-24(35)25(26(41-23)27(36)39-7)40-20-22-13-9-8-10-14-22/h8-10,13-14,19H,11-12,15-18,20-21H2,1-7H3,(H,33,37). The van der Waals surface area contributed by atoms with Crippen LogP contribution in [0.3, 0.4) is 0 Å². The molecule has 1 aromatic carbocycles. The fourth-order valence-electron chi connectivity index (χ4n) is 4.77. The van der Waals surface area contributed by atoms with Gasteiger partial charge in [0.2, 0.25) is 11.2 Å². The van der Waals surface area contributed by atoms with Gasteiger partial charge < -0.3 is 33.6 Å². The van der Waals surface area contributed by atoms with Gasteiger partial charge in [-0.25, -0.2) is 14.4 Å². The molecule has 43 heavy (non-hydrogen) atoms. The molecule has 0 saturated carbocycles. The molecule has 1 N–H and O–H groups in total. The third-order valence-corrected chi connectivity index (χ3v) is 6.65. The maximum atomic E-state index is 13.1. The van der Waals surface area contributed by atoms with E-state index in [4.69, 9.17) is 23.4 Å². The lowest BCUT2D eigenvalue weighted by Gasteiger charge is -2.38. The first-order chi connectivity index (χ1) is 20.1. The van der Waals surface area contributed by atoms with Crippen LogP contribution in [0.15, 0.2) is 45.6 Å². The molecule has 0 bridgehead atoms. The Balaban J connectivity index is 1.90. The van der Waals surface area contributed by atoms with Crippen LogP contribution in [0.5, 0.6) is 5.75 Å². The fourth-order valence-corrected chi connectivity index (χ4v) is 4.77. The van der Waals surface area contributed by atoms with Crippen LogP contribution < -0.4 is 15.5 Å². The first-order valence-electron chi connectivity index (χ1n) is 14.5. The zero-order chi connectivity index (χ0) is 31.8. The van der Waals surface area contributed by atoms with E-state index in [0.29, 0.717) is 19.4 Å². The summed E-state index contributed by atoms with van der Waals surface area (Å²) in [5.41, 5.74) is -2.09. The summed E-state index contributed by atoms with van der Waals surface area (Å²) in [6.45, 7) is 11.4. The quantitative estimate of drug-likeness (QED) is 0.303. The Morgan fingerprint density at radius 3 is 2.30 bits per heavy atom. The number of aryl methyl sites for hydroxylation is 1. The van der Waals surface area contributed by atoms with Gasteiger partial charge in [-0.2, -0.15) is 0 Å². The molecule has 1 aliphatic heterocycles. The van der Waals surface area contributed by atoms with E-state index < -0.39 is 40.3 Å². The number of rotatable bonds is 8. The number of esters is 1. The van der Waals surface area contributed by atoms with Gasteiger partial charge in [-0.3, -0.25) is 4.79 Å². The molecule has 2 heterocycles. The van der Waals surface area contributed by atoms with Gasteiger partial charge in [0.1, 0.15) is 23.6 Å². The Hall–Kier alpha value is -4.02. The number of carbonyl (C=O) groups is 3. The molecular formula is C32H44N2O9. The summed E-state index contributed by atoms with van der Waals surface area (Å²) in [5.74, 6) is -1.23. The molecule has 1 atom stereocenters. The molecular weight excluding hydrogens is 556 g/mol. The summed E-state index contributed by atoms with van der Waals surface area (Å²) < 4.78 is 27.6. The topological polar surface area (TPSA) is 134 Å². The first kappa shape index (κ1) is 33.5. The number of benzene rings is 1. The van der Waals surface area contributed by atoms with Gasteiger partial charge in [0.05, 0.1) is 12.6 Å². The largest absolute Gasteiger partial charge is 0.481 e. The third kappa shape index (κ3) is 10.3.